The Hall–Kier alpha value is -3.60. The molecule has 1 unspecified atom stereocenters. The SMILES string of the molecule is Cc1ccccc1Nc1cc(N2CCCC(C)C2)c2noc3c2c1C(=O)c1ccccc1-3. The Balaban J connectivity index is 1.62. The van der Waals surface area contributed by atoms with Crippen LogP contribution < -0.4 is 10.2 Å². The van der Waals surface area contributed by atoms with Gasteiger partial charge in [-0.2, -0.15) is 0 Å². The molecule has 2 heterocycles. The number of ketones is 1. The van der Waals surface area contributed by atoms with E-state index in [1.54, 1.807) is 0 Å². The molecule has 1 atom stereocenters. The number of nitrogens with zero attached hydrogens (tertiary/aromatic N) is 2. The predicted octanol–water partition coefficient (Wildman–Crippen LogP) is 6.33. The highest BCUT2D eigenvalue weighted by atomic mass is 16.5. The average molecular weight is 424 g/mol. The van der Waals surface area contributed by atoms with Crippen molar-refractivity contribution < 1.29 is 9.32 Å². The molecule has 0 saturated carbocycles. The van der Waals surface area contributed by atoms with Crippen LogP contribution in [0.15, 0.2) is 59.1 Å². The van der Waals surface area contributed by atoms with Crippen molar-refractivity contribution in [3.8, 4) is 11.3 Å². The standard InChI is InChI=1S/C27H25N3O2/c1-16-8-7-13-30(15-16)22-14-21(28-20-12-6-3-9-17(20)2)23-24-25(22)29-32-27(24)19-11-5-4-10-18(19)26(23)31/h3-6,9-12,14,16,28H,7-8,13,15H2,1-2H3. The molecular weight excluding hydrogens is 398 g/mol. The van der Waals surface area contributed by atoms with Crippen molar-refractivity contribution in [3.05, 3.63) is 71.3 Å². The zero-order chi connectivity index (χ0) is 21.8. The first kappa shape index (κ1) is 19.1. The summed E-state index contributed by atoms with van der Waals surface area (Å²) in [6.07, 6.45) is 2.39. The van der Waals surface area contributed by atoms with Gasteiger partial charge in [-0.3, -0.25) is 4.79 Å². The Labute approximate surface area is 187 Å². The van der Waals surface area contributed by atoms with E-state index in [1.165, 1.54) is 6.42 Å². The van der Waals surface area contributed by atoms with Gasteiger partial charge in [-0.15, -0.1) is 0 Å². The zero-order valence-electron chi connectivity index (χ0n) is 18.3. The first-order valence-electron chi connectivity index (χ1n) is 11.3. The van der Waals surface area contributed by atoms with Crippen molar-refractivity contribution in [3.63, 3.8) is 0 Å². The van der Waals surface area contributed by atoms with E-state index in [0.717, 1.165) is 58.6 Å². The maximum Gasteiger partial charge on any atom is 0.196 e. The van der Waals surface area contributed by atoms with E-state index in [2.05, 4.69) is 41.4 Å². The van der Waals surface area contributed by atoms with Crippen LogP contribution in [0.4, 0.5) is 17.1 Å². The lowest BCUT2D eigenvalue weighted by Crippen LogP contribution is -2.34. The van der Waals surface area contributed by atoms with Gasteiger partial charge < -0.3 is 14.7 Å². The third-order valence-corrected chi connectivity index (χ3v) is 6.79. The summed E-state index contributed by atoms with van der Waals surface area (Å²) in [5, 5.41) is 8.88. The number of rotatable bonds is 3. The zero-order valence-corrected chi connectivity index (χ0v) is 18.3. The van der Waals surface area contributed by atoms with Crippen LogP contribution in [0.3, 0.4) is 0 Å². The number of anilines is 3. The van der Waals surface area contributed by atoms with Crippen LogP contribution in [0.5, 0.6) is 0 Å². The van der Waals surface area contributed by atoms with Crippen molar-refractivity contribution in [1.82, 2.24) is 5.16 Å². The second kappa shape index (κ2) is 7.23. The fourth-order valence-electron chi connectivity index (χ4n) is 5.15. The second-order valence-electron chi connectivity index (χ2n) is 9.06. The van der Waals surface area contributed by atoms with Crippen LogP contribution in [0.25, 0.3) is 22.2 Å². The minimum absolute atomic E-state index is 0.0101. The molecule has 0 bridgehead atoms. The molecule has 1 saturated heterocycles. The molecule has 4 aromatic rings. The summed E-state index contributed by atoms with van der Waals surface area (Å²) >= 11 is 0. The van der Waals surface area contributed by atoms with Crippen LogP contribution in [-0.2, 0) is 0 Å². The highest BCUT2D eigenvalue weighted by molar-refractivity contribution is 6.28. The van der Waals surface area contributed by atoms with Gasteiger partial charge in [0, 0.05) is 29.9 Å². The van der Waals surface area contributed by atoms with Gasteiger partial charge in [-0.25, -0.2) is 0 Å². The molecule has 160 valence electrons. The molecule has 5 nitrogen and oxygen atoms in total. The van der Waals surface area contributed by atoms with Gasteiger partial charge in [0.15, 0.2) is 11.5 Å². The van der Waals surface area contributed by atoms with Gasteiger partial charge in [-0.05, 0) is 43.4 Å². The molecule has 2 aliphatic rings. The van der Waals surface area contributed by atoms with Crippen LogP contribution in [-0.4, -0.2) is 24.0 Å². The van der Waals surface area contributed by atoms with E-state index in [9.17, 15) is 4.79 Å². The summed E-state index contributed by atoms with van der Waals surface area (Å²) in [6.45, 7) is 6.32. The number of aromatic nitrogens is 1. The fraction of sp³-hybridized carbons (Fsp3) is 0.259. The van der Waals surface area contributed by atoms with Crippen molar-refractivity contribution in [2.24, 2.45) is 5.92 Å². The molecule has 32 heavy (non-hydrogen) atoms. The van der Waals surface area contributed by atoms with Gasteiger partial charge in [0.25, 0.3) is 0 Å². The first-order valence-corrected chi connectivity index (χ1v) is 11.3. The molecule has 0 spiro atoms. The van der Waals surface area contributed by atoms with Crippen molar-refractivity contribution in [2.45, 2.75) is 26.7 Å². The Kier molecular flexibility index (Phi) is 4.32. The third-order valence-electron chi connectivity index (χ3n) is 6.79. The Bertz CT molecular complexity index is 1370. The molecule has 1 fully saturated rings. The number of carbonyl (C=O) groups excluding carboxylic acids is 1. The molecule has 5 heteroatoms. The predicted molar refractivity (Wildman–Crippen MR) is 128 cm³/mol. The maximum absolute atomic E-state index is 13.7. The minimum Gasteiger partial charge on any atom is -0.369 e. The second-order valence-corrected chi connectivity index (χ2v) is 9.06. The Morgan fingerprint density at radius 3 is 2.66 bits per heavy atom. The van der Waals surface area contributed by atoms with Crippen LogP contribution >= 0.6 is 0 Å². The maximum atomic E-state index is 13.7. The van der Waals surface area contributed by atoms with Crippen molar-refractivity contribution >= 4 is 33.7 Å². The number of piperidine rings is 1. The smallest absolute Gasteiger partial charge is 0.196 e. The molecule has 0 amide bonds. The lowest BCUT2D eigenvalue weighted by Gasteiger charge is -2.33. The van der Waals surface area contributed by atoms with E-state index in [1.807, 2.05) is 42.5 Å². The fourth-order valence-corrected chi connectivity index (χ4v) is 5.15. The molecule has 1 aromatic heterocycles. The van der Waals surface area contributed by atoms with Gasteiger partial charge >= 0.3 is 0 Å². The van der Waals surface area contributed by atoms with Crippen molar-refractivity contribution in [2.75, 3.05) is 23.3 Å². The quantitative estimate of drug-likeness (QED) is 0.368. The summed E-state index contributed by atoms with van der Waals surface area (Å²) in [5.41, 5.74) is 6.86. The summed E-state index contributed by atoms with van der Waals surface area (Å²) in [4.78, 5) is 16.1. The van der Waals surface area contributed by atoms with E-state index in [-0.39, 0.29) is 5.78 Å². The number of hydrogen-bond donors (Lipinski definition) is 1. The van der Waals surface area contributed by atoms with Crippen LogP contribution in [0, 0.1) is 12.8 Å². The van der Waals surface area contributed by atoms with Gasteiger partial charge in [0.1, 0.15) is 5.52 Å². The van der Waals surface area contributed by atoms with E-state index >= 15 is 0 Å². The number of hydrogen-bond acceptors (Lipinski definition) is 5. The van der Waals surface area contributed by atoms with E-state index < -0.39 is 0 Å². The van der Waals surface area contributed by atoms with Crippen LogP contribution in [0.1, 0.15) is 41.3 Å². The summed E-state index contributed by atoms with van der Waals surface area (Å²) in [5.74, 6) is 1.31. The number of para-hydroxylation sites is 1. The summed E-state index contributed by atoms with van der Waals surface area (Å²) < 4.78 is 5.90. The monoisotopic (exact) mass is 423 g/mol. The molecular formula is C27H25N3O2. The van der Waals surface area contributed by atoms with E-state index in [4.69, 9.17) is 4.52 Å². The highest BCUT2D eigenvalue weighted by Crippen LogP contribution is 2.46. The normalized spacial score (nSPS) is 17.5. The first-order chi connectivity index (χ1) is 15.6. The summed E-state index contributed by atoms with van der Waals surface area (Å²) in [7, 11) is 0. The Morgan fingerprint density at radius 2 is 1.84 bits per heavy atom. The Morgan fingerprint density at radius 1 is 1.06 bits per heavy atom. The number of aryl methyl sites for hydroxylation is 1. The molecule has 1 aliphatic carbocycles. The number of nitrogens with one attached hydrogen (secondary N) is 1. The number of fused-ring (bicyclic) bond motifs is 2. The average Bonchev–Trinajstić information content (AvgIpc) is 3.24. The third kappa shape index (κ3) is 2.84. The molecule has 3 aromatic carbocycles. The molecule has 6 rings (SSSR count). The highest BCUT2D eigenvalue weighted by Gasteiger charge is 2.34. The molecule has 1 aliphatic heterocycles. The number of benzene rings is 3. The van der Waals surface area contributed by atoms with E-state index in [0.29, 0.717) is 22.8 Å². The van der Waals surface area contributed by atoms with Gasteiger partial charge in [0.05, 0.1) is 22.3 Å². The largest absolute Gasteiger partial charge is 0.369 e. The molecule has 1 N–H and O–H groups in total. The summed E-state index contributed by atoms with van der Waals surface area (Å²) in [6, 6.07) is 17.9. The minimum atomic E-state index is 0.0101. The van der Waals surface area contributed by atoms with Gasteiger partial charge in [-0.1, -0.05) is 54.5 Å². The lowest BCUT2D eigenvalue weighted by molar-refractivity contribution is 0.104. The number of carbonyl (C=O) groups is 1. The van der Waals surface area contributed by atoms with Gasteiger partial charge in [0.2, 0.25) is 0 Å². The lowest BCUT2D eigenvalue weighted by atomic mass is 9.86. The molecule has 0 radical (unpaired) electrons. The van der Waals surface area contributed by atoms with Crippen molar-refractivity contribution in [1.29, 1.82) is 0 Å². The topological polar surface area (TPSA) is 58.4 Å². The van der Waals surface area contributed by atoms with Crippen LogP contribution in [0.2, 0.25) is 0 Å².